The molecule has 149 heavy (non-hydrogen) atoms. The Morgan fingerprint density at radius 1 is 0.403 bits per heavy atom. The molecule has 0 bridgehead atoms. The molecule has 2 atom stereocenters. The number of thioether (sulfide) groups is 1. The summed E-state index contributed by atoms with van der Waals surface area (Å²) >= 11 is 12.0. The van der Waals surface area contributed by atoms with Crippen LogP contribution in [0, 0.1) is 6.92 Å². The first-order valence-electron chi connectivity index (χ1n) is 42.5. The first-order chi connectivity index (χ1) is 69.0. The molecule has 0 aliphatic carbocycles. The van der Waals surface area contributed by atoms with Crippen LogP contribution in [0.5, 0.6) is 5.75 Å². The van der Waals surface area contributed by atoms with E-state index in [9.17, 15) is 142 Å². The molecule has 0 saturated heterocycles. The number of nitrogens with zero attached hydrogens (tertiary/aromatic N) is 20. The molecule has 0 saturated carbocycles. The number of nitrogens with one attached hydrogen (secondary N) is 5. The molecule has 1 aliphatic rings. The fourth-order valence-electron chi connectivity index (χ4n) is 15.2. The summed E-state index contributed by atoms with van der Waals surface area (Å²) in [6, 6.07) is 13.9. The molecular formula is C88H89ClF17N25O16S2. The van der Waals surface area contributed by atoms with Gasteiger partial charge in [0, 0.05) is 147 Å². The van der Waals surface area contributed by atoms with Crippen molar-refractivity contribution in [3.05, 3.63) is 271 Å². The third-order valence-electron chi connectivity index (χ3n) is 22.7. The molecule has 5 N–H and O–H groups in total. The zero-order chi connectivity index (χ0) is 111. The number of alkyl halides is 17. The number of ether oxygens (including phenoxy) is 2. The van der Waals surface area contributed by atoms with Crippen molar-refractivity contribution < 1.29 is 109 Å². The maximum atomic E-state index is 14.5. The number of carbonyl (C=O) groups excluding carboxylic acids is 4. The SMILES string of the molecule is CSc1ccc(NC(=O)Cn2cnc3c2c(=O)n(C)c(=O)n3C)cc1C(F)(F)F.Cc1ccc(NC(=O)Cn2cnc3c2c(=O)n(C)c(=O)n3C)cc1C(F)(F)F.Cn1c(=O)c2c(ncn2CC(=O)Nc2ccc(C(C)(F)F)c(Cl)c2)n(C)c1=O.Cn1c(=O)c2c(ncn2CC(=O)Nc2ccc3c(c2)OC(C)(F)OC3(F)F)n(C)c1=O.Cn1c(=O)c2c(ncn2CC(=S)Nc2ccc(C(F)(C(C)(F)F)C(F)(F)F)cc2)n(C)c1=O.[HH].[HH].[HH].[HH]. The maximum absolute atomic E-state index is 14.5. The summed E-state index contributed by atoms with van der Waals surface area (Å²) < 4.78 is 253. The van der Waals surface area contributed by atoms with E-state index in [-0.39, 0.29) is 156 Å². The standard InChI is InChI=1S/C19H17F6N5O2S.C18H16F3N5O5.C17H16ClF2N5O3.C17H16F3N5O3S.C17H16F3N5O3.4H2/c1-17(20,21)18(22,19(23,24)25)10-4-6-11(7-5-10)27-12(33)8-30-9-26-14-13(30)15(31)29(3)16(32)28(14)2;1-17(19)30-11-6-9(4-5-10(11)18(20,21)31-17)23-12(27)7-26-8-22-14-13(26)15(28)25(3)16(29)24(14)2;1-17(19,20)10-5-4-9(6-11(10)18)22-12(26)7-25-8-21-14-13(25)15(27)24(3)16(28)23(14)2;1-23-14-13(15(27)24(2)16(23)28)25(8-21-14)7-12(26)22-9-4-5-11(29-3)10(6-9)17(18,19)20;1-9-4-5-10(6-11(9)17(18,19)20)22-12(26)7-25-8-21-14-13(25)15(27)24(3)16(28)23(14)2;;;;/h4-7,9H,8H2,1-3H3,(H,27,33);4-6,8H,7H2,1-3H3,(H,23,27);4-6,8H,7H2,1-3H3,(H,22,26);4-6,8H,7H2,1-3H3,(H,22,26);4-6,8H,7H2,1-3H3,(H,22,26);4*1H. The number of hydrogen-bond acceptors (Lipinski definition) is 23. The van der Waals surface area contributed by atoms with Crippen LogP contribution in [-0.2, 0) is 157 Å². The van der Waals surface area contributed by atoms with Gasteiger partial charge >= 0.3 is 59.1 Å². The van der Waals surface area contributed by atoms with Crippen LogP contribution < -0.4 is 87.6 Å². The Morgan fingerprint density at radius 3 is 1.02 bits per heavy atom. The second-order valence-corrected chi connectivity index (χ2v) is 35.2. The van der Waals surface area contributed by atoms with Crippen LogP contribution in [0.25, 0.3) is 55.8 Å². The van der Waals surface area contributed by atoms with Crippen LogP contribution in [0.4, 0.5) is 103 Å². The van der Waals surface area contributed by atoms with Gasteiger partial charge in [-0.1, -0.05) is 42.0 Å². The van der Waals surface area contributed by atoms with Crippen LogP contribution in [-0.4, -0.2) is 146 Å². The predicted octanol–water partition coefficient (Wildman–Crippen LogP) is 10.5. The monoisotopic (exact) mass is 2170 g/mol. The molecule has 800 valence electrons. The lowest BCUT2D eigenvalue weighted by molar-refractivity contribution is -0.405. The van der Waals surface area contributed by atoms with Crippen LogP contribution in [0.2, 0.25) is 5.02 Å². The number of fused-ring (bicyclic) bond motifs is 6. The highest BCUT2D eigenvalue weighted by Gasteiger charge is 2.70. The highest BCUT2D eigenvalue weighted by atomic mass is 35.5. The fraction of sp³-hybridized carbons (Fsp3) is 0.318. The summed E-state index contributed by atoms with van der Waals surface area (Å²) in [7, 11) is 13.7. The van der Waals surface area contributed by atoms with Crippen molar-refractivity contribution >= 4 is 148 Å². The normalized spacial score (nSPS) is 14.0. The number of carbonyl (C=O) groups is 4. The number of amides is 4. The first-order valence-corrected chi connectivity index (χ1v) is 44.5. The van der Waals surface area contributed by atoms with Gasteiger partial charge in [0.2, 0.25) is 23.6 Å². The van der Waals surface area contributed by atoms with E-state index in [1.165, 1.54) is 203 Å². The van der Waals surface area contributed by atoms with Gasteiger partial charge in [0.1, 0.15) is 31.9 Å². The van der Waals surface area contributed by atoms with Crippen molar-refractivity contribution in [2.24, 2.45) is 70.5 Å². The third kappa shape index (κ3) is 22.9. The Balaban J connectivity index is 0.000000231. The average molecular weight is 2180 g/mol. The zero-order valence-electron chi connectivity index (χ0n) is 79.8. The van der Waals surface area contributed by atoms with E-state index in [2.05, 4.69) is 56.2 Å². The summed E-state index contributed by atoms with van der Waals surface area (Å²) in [5.74, 6) is -10.8. The number of aryl methyl sites for hydroxylation is 6. The molecule has 1 aliphatic heterocycles. The van der Waals surface area contributed by atoms with Crippen LogP contribution >= 0.6 is 35.6 Å². The Morgan fingerprint density at radius 2 is 0.705 bits per heavy atom. The average Bonchev–Trinajstić information content (AvgIpc) is 1.74. The highest BCUT2D eigenvalue weighted by molar-refractivity contribution is 7.98. The third-order valence-corrected chi connectivity index (χ3v) is 24.1. The van der Waals surface area contributed by atoms with E-state index in [1.807, 2.05) is 0 Å². The lowest BCUT2D eigenvalue weighted by Crippen LogP contribution is -2.51. The second kappa shape index (κ2) is 41.6. The van der Waals surface area contributed by atoms with Crippen molar-refractivity contribution in [3.8, 4) is 5.75 Å². The van der Waals surface area contributed by atoms with E-state index in [4.69, 9.17) is 28.6 Å². The van der Waals surface area contributed by atoms with Gasteiger partial charge in [-0.05, 0) is 91.5 Å². The lowest BCUT2D eigenvalue weighted by Gasteiger charge is -2.33. The van der Waals surface area contributed by atoms with E-state index in [0.717, 1.165) is 84.0 Å². The Bertz CT molecular complexity index is 8610. The van der Waals surface area contributed by atoms with E-state index in [1.54, 1.807) is 0 Å². The largest absolute Gasteiger partial charge is 0.435 e. The van der Waals surface area contributed by atoms with Crippen molar-refractivity contribution in [1.82, 2.24) is 93.4 Å². The summed E-state index contributed by atoms with van der Waals surface area (Å²) in [6.07, 6.45) is -11.1. The molecule has 41 nitrogen and oxygen atoms in total. The molecule has 5 aromatic carbocycles. The Hall–Kier alpha value is -16.2. The minimum absolute atomic E-state index is 0. The van der Waals surface area contributed by atoms with Gasteiger partial charge in [-0.3, -0.25) is 88.8 Å². The first kappa shape index (κ1) is 112. The fourth-order valence-corrected chi connectivity index (χ4v) is 16.4. The highest BCUT2D eigenvalue weighted by Crippen LogP contribution is 2.53. The molecule has 11 heterocycles. The molecule has 4 amide bonds. The van der Waals surface area contributed by atoms with Gasteiger partial charge in [0.05, 0.1) is 64.9 Å². The van der Waals surface area contributed by atoms with E-state index in [0.29, 0.717) is 19.1 Å². The molecular weight excluding hydrogens is 2090 g/mol. The molecule has 16 rings (SSSR count). The van der Waals surface area contributed by atoms with Crippen LogP contribution in [0.15, 0.2) is 182 Å². The molecule has 15 aromatic rings. The minimum atomic E-state index is -5.84. The molecule has 61 heteroatoms. The maximum Gasteiger partial charge on any atom is 0.432 e. The van der Waals surface area contributed by atoms with Gasteiger partial charge in [-0.25, -0.2) is 75.6 Å². The number of hydrogen-bond donors (Lipinski definition) is 5. The second-order valence-electron chi connectivity index (χ2n) is 33.4. The number of anilines is 5. The van der Waals surface area contributed by atoms with Gasteiger partial charge < -0.3 is 54.2 Å². The van der Waals surface area contributed by atoms with Gasteiger partial charge in [-0.15, -0.1) is 11.8 Å². The smallest absolute Gasteiger partial charge is 0.432 e. The van der Waals surface area contributed by atoms with Gasteiger partial charge in [0.25, 0.3) is 45.3 Å². The van der Waals surface area contributed by atoms with Crippen molar-refractivity contribution in [3.63, 3.8) is 0 Å². The number of thiocarbonyl (C=S) groups is 1. The number of imidazole rings is 5. The van der Waals surface area contributed by atoms with Gasteiger partial charge in [0.15, 0.2) is 55.8 Å². The summed E-state index contributed by atoms with van der Waals surface area (Å²) in [4.78, 5) is 191. The van der Waals surface area contributed by atoms with E-state index < -0.39 is 156 Å². The number of halogens is 18. The zero-order valence-corrected chi connectivity index (χ0v) is 82.1. The summed E-state index contributed by atoms with van der Waals surface area (Å²) in [5, 5.41) is 12.3. The quantitative estimate of drug-likeness (QED) is 0.0285. The van der Waals surface area contributed by atoms with Gasteiger partial charge in [-0.2, -0.15) is 52.7 Å². The Labute approximate surface area is 841 Å². The number of benzene rings is 5. The summed E-state index contributed by atoms with van der Waals surface area (Å²) in [5.41, 5.74) is -13.4. The molecule has 0 spiro atoms. The van der Waals surface area contributed by atoms with Crippen LogP contribution in [0.1, 0.15) is 59.9 Å². The van der Waals surface area contributed by atoms with E-state index >= 15 is 0 Å². The number of rotatable bonds is 19. The number of aromatic nitrogens is 20. The molecule has 10 aromatic heterocycles. The van der Waals surface area contributed by atoms with Crippen molar-refractivity contribution in [1.29, 1.82) is 0 Å². The van der Waals surface area contributed by atoms with Crippen LogP contribution in [0.3, 0.4) is 0 Å². The minimum Gasteiger partial charge on any atom is -0.435 e. The van der Waals surface area contributed by atoms with Crippen molar-refractivity contribution in [2.75, 3.05) is 32.8 Å². The molecule has 0 radical (unpaired) electrons. The molecule has 2 unspecified atom stereocenters. The lowest BCUT2D eigenvalue weighted by atomic mass is 9.89. The Kier molecular flexibility index (Phi) is 31.2. The van der Waals surface area contributed by atoms with Crippen molar-refractivity contribution in [2.45, 2.75) is 114 Å². The predicted molar refractivity (Wildman–Crippen MR) is 518 cm³/mol. The molecule has 0 fully saturated rings. The topological polar surface area (TPSA) is 456 Å². The summed E-state index contributed by atoms with van der Waals surface area (Å²) in [6.45, 7) is 1.15.